The summed E-state index contributed by atoms with van der Waals surface area (Å²) < 4.78 is 6.74. The molecule has 3 aromatic carbocycles. The van der Waals surface area contributed by atoms with Gasteiger partial charge in [0.1, 0.15) is 12.4 Å². The Labute approximate surface area is 230 Å². The van der Waals surface area contributed by atoms with Crippen molar-refractivity contribution >= 4 is 24.9 Å². The zero-order chi connectivity index (χ0) is 26.2. The van der Waals surface area contributed by atoms with Gasteiger partial charge in [-0.05, 0) is 66.3 Å². The smallest absolute Gasteiger partial charge is 0.130 e. The average molecular weight is 520 g/mol. The van der Waals surface area contributed by atoms with E-state index in [0.29, 0.717) is 27.0 Å². The van der Waals surface area contributed by atoms with Crippen LogP contribution < -0.4 is 20.2 Å². The monoisotopic (exact) mass is 519 g/mol. The highest BCUT2D eigenvalue weighted by atomic mass is 31.1. The number of rotatable bonds is 10. The lowest BCUT2D eigenvalue weighted by molar-refractivity contribution is 0.304. The van der Waals surface area contributed by atoms with E-state index in [1.807, 2.05) is 0 Å². The van der Waals surface area contributed by atoms with Crippen molar-refractivity contribution in [2.75, 3.05) is 19.0 Å². The molecule has 0 fully saturated rings. The molecule has 0 heterocycles. The van der Waals surface area contributed by atoms with Gasteiger partial charge in [0.25, 0.3) is 0 Å². The van der Waals surface area contributed by atoms with E-state index in [9.17, 15) is 0 Å². The van der Waals surface area contributed by atoms with E-state index in [-0.39, 0.29) is 0 Å². The molecule has 3 aromatic rings. The molecular formula is C35H38NOP. The molecular weight excluding hydrogens is 481 g/mol. The summed E-state index contributed by atoms with van der Waals surface area (Å²) in [7, 11) is 4.78. The van der Waals surface area contributed by atoms with Crippen LogP contribution in [0.4, 0.5) is 5.69 Å². The summed E-state index contributed by atoms with van der Waals surface area (Å²) in [5.74, 6) is 2.12. The second-order valence-electron chi connectivity index (χ2n) is 10.5. The summed E-state index contributed by atoms with van der Waals surface area (Å²) in [6.45, 7) is 0.580. The molecule has 3 unspecified atom stereocenters. The van der Waals surface area contributed by atoms with Crippen molar-refractivity contribution in [1.82, 2.24) is 0 Å². The van der Waals surface area contributed by atoms with E-state index < -0.39 is 0 Å². The first-order chi connectivity index (χ1) is 18.7. The van der Waals surface area contributed by atoms with E-state index in [0.717, 1.165) is 31.4 Å². The second kappa shape index (κ2) is 12.9. The lowest BCUT2D eigenvalue weighted by Gasteiger charge is -2.23. The van der Waals surface area contributed by atoms with Gasteiger partial charge in [-0.15, -0.1) is 0 Å². The Morgan fingerprint density at radius 2 is 1.42 bits per heavy atom. The molecule has 3 heteroatoms. The van der Waals surface area contributed by atoms with Gasteiger partial charge >= 0.3 is 0 Å². The number of para-hydroxylation sites is 1. The van der Waals surface area contributed by atoms with Gasteiger partial charge in [0, 0.05) is 30.4 Å². The number of ether oxygens (including phenoxy) is 1. The van der Waals surface area contributed by atoms with Crippen LogP contribution in [0.2, 0.25) is 0 Å². The van der Waals surface area contributed by atoms with Crippen molar-refractivity contribution < 1.29 is 4.74 Å². The lowest BCUT2D eigenvalue weighted by atomic mass is 9.89. The van der Waals surface area contributed by atoms with Gasteiger partial charge in [-0.25, -0.2) is 0 Å². The standard InChI is InChI=1S/C35H38NOP/c1-36(2)32-20-12-13-21-33(32)38-34-25-30(22-27-14-6-3-7-15-27)24-31(23-28-16-8-4-9-17-28)35(34)37-26-29-18-10-5-11-19-29/h3-14,16,18-21,24-25,27-28,38H,15,17,22-23,26H2,1-2H3. The molecule has 0 aromatic heterocycles. The number of anilines is 1. The van der Waals surface area contributed by atoms with E-state index in [4.69, 9.17) is 4.74 Å². The van der Waals surface area contributed by atoms with Gasteiger partial charge in [-0.2, -0.15) is 0 Å². The average Bonchev–Trinajstić information content (AvgIpc) is 2.94. The van der Waals surface area contributed by atoms with Crippen LogP contribution in [0.15, 0.2) is 115 Å². The van der Waals surface area contributed by atoms with Crippen LogP contribution in [0.3, 0.4) is 0 Å². The molecule has 0 amide bonds. The Hall–Kier alpha value is -3.35. The molecule has 38 heavy (non-hydrogen) atoms. The van der Waals surface area contributed by atoms with Gasteiger partial charge in [-0.1, -0.05) is 112 Å². The maximum absolute atomic E-state index is 6.74. The first-order valence-electron chi connectivity index (χ1n) is 13.7. The van der Waals surface area contributed by atoms with Gasteiger partial charge in [0.2, 0.25) is 0 Å². The summed E-state index contributed by atoms with van der Waals surface area (Å²) in [5.41, 5.74) is 5.22. The van der Waals surface area contributed by atoms with Gasteiger partial charge in [0.15, 0.2) is 0 Å². The summed E-state index contributed by atoms with van der Waals surface area (Å²) in [6, 6.07) is 24.2. The normalized spacial score (nSPS) is 18.4. The predicted octanol–water partition coefficient (Wildman–Crippen LogP) is 7.31. The molecule has 0 radical (unpaired) electrons. The number of hydrogen-bond acceptors (Lipinski definition) is 2. The van der Waals surface area contributed by atoms with Crippen LogP contribution in [0.25, 0.3) is 0 Å². The van der Waals surface area contributed by atoms with Gasteiger partial charge < -0.3 is 9.64 Å². The third-order valence-corrected chi connectivity index (χ3v) is 8.56. The van der Waals surface area contributed by atoms with Crippen molar-refractivity contribution in [1.29, 1.82) is 0 Å². The number of nitrogens with zero attached hydrogens (tertiary/aromatic N) is 1. The number of benzene rings is 3. The summed E-state index contributed by atoms with van der Waals surface area (Å²) in [4.78, 5) is 2.22. The third kappa shape index (κ3) is 6.94. The summed E-state index contributed by atoms with van der Waals surface area (Å²) >= 11 is 0. The molecule has 2 nitrogen and oxygen atoms in total. The van der Waals surface area contributed by atoms with Crippen molar-refractivity contribution in [2.45, 2.75) is 32.3 Å². The van der Waals surface area contributed by atoms with Crippen molar-refractivity contribution in [3.63, 3.8) is 0 Å². The van der Waals surface area contributed by atoms with E-state index in [1.165, 1.54) is 33.0 Å². The van der Waals surface area contributed by atoms with Crippen LogP contribution in [-0.4, -0.2) is 14.1 Å². The summed E-state index contributed by atoms with van der Waals surface area (Å²) in [5, 5.41) is 2.67. The highest BCUT2D eigenvalue weighted by molar-refractivity contribution is 7.56. The molecule has 0 aliphatic heterocycles. The Kier molecular flexibility index (Phi) is 8.94. The molecule has 0 saturated carbocycles. The SMILES string of the molecule is CN(C)c1ccccc1Pc1cc(CC2C=CC=CC2)cc(CC2C=CC=CC2)c1OCc1ccccc1. The second-order valence-corrected chi connectivity index (χ2v) is 11.8. The molecule has 2 aliphatic carbocycles. The van der Waals surface area contributed by atoms with Crippen molar-refractivity contribution in [3.05, 3.63) is 132 Å². The fourth-order valence-electron chi connectivity index (χ4n) is 5.28. The Bertz CT molecular complexity index is 1340. The Balaban J connectivity index is 1.55. The highest BCUT2D eigenvalue weighted by Crippen LogP contribution is 2.33. The third-order valence-electron chi connectivity index (χ3n) is 7.23. The minimum Gasteiger partial charge on any atom is -0.488 e. The molecule has 194 valence electrons. The quantitative estimate of drug-likeness (QED) is 0.261. The molecule has 5 rings (SSSR count). The maximum atomic E-state index is 6.74. The molecule has 0 spiro atoms. The van der Waals surface area contributed by atoms with Crippen LogP contribution >= 0.6 is 8.58 Å². The van der Waals surface area contributed by atoms with Gasteiger partial charge in [-0.3, -0.25) is 0 Å². The largest absolute Gasteiger partial charge is 0.488 e. The van der Waals surface area contributed by atoms with Crippen LogP contribution in [0.1, 0.15) is 29.5 Å². The number of hydrogen-bond donors (Lipinski definition) is 0. The Morgan fingerprint density at radius 1 is 0.737 bits per heavy atom. The predicted molar refractivity (Wildman–Crippen MR) is 166 cm³/mol. The molecule has 3 atom stereocenters. The summed E-state index contributed by atoms with van der Waals surface area (Å²) in [6.07, 6.45) is 22.2. The van der Waals surface area contributed by atoms with Crippen LogP contribution in [0, 0.1) is 11.8 Å². The zero-order valence-corrected chi connectivity index (χ0v) is 23.5. The Morgan fingerprint density at radius 3 is 2.11 bits per heavy atom. The van der Waals surface area contributed by atoms with E-state index >= 15 is 0 Å². The number of allylic oxidation sites excluding steroid dienone is 8. The van der Waals surface area contributed by atoms with E-state index in [2.05, 4.69) is 134 Å². The molecule has 0 N–H and O–H groups in total. The van der Waals surface area contributed by atoms with Gasteiger partial charge in [0.05, 0.1) is 0 Å². The molecule has 0 bridgehead atoms. The lowest BCUT2D eigenvalue weighted by Crippen LogP contribution is -2.20. The molecule has 0 saturated heterocycles. The fourth-order valence-corrected chi connectivity index (χ4v) is 6.79. The molecule has 2 aliphatic rings. The first-order valence-corrected chi connectivity index (χ1v) is 14.7. The van der Waals surface area contributed by atoms with Crippen LogP contribution in [-0.2, 0) is 19.4 Å². The van der Waals surface area contributed by atoms with Crippen LogP contribution in [0.5, 0.6) is 5.75 Å². The first kappa shape index (κ1) is 26.3. The minimum atomic E-state index is 0.497. The fraction of sp³-hybridized carbons (Fsp3) is 0.257. The topological polar surface area (TPSA) is 12.5 Å². The van der Waals surface area contributed by atoms with E-state index in [1.54, 1.807) is 0 Å². The zero-order valence-electron chi connectivity index (χ0n) is 22.5. The van der Waals surface area contributed by atoms with Crippen molar-refractivity contribution in [2.24, 2.45) is 11.8 Å². The minimum absolute atomic E-state index is 0.497. The van der Waals surface area contributed by atoms with Crippen molar-refractivity contribution in [3.8, 4) is 5.75 Å². The maximum Gasteiger partial charge on any atom is 0.130 e. The highest BCUT2D eigenvalue weighted by Gasteiger charge is 2.19.